The lowest BCUT2D eigenvalue weighted by Gasteiger charge is -2.18. The topological polar surface area (TPSA) is 75.3 Å². The summed E-state index contributed by atoms with van der Waals surface area (Å²) in [6.07, 6.45) is 1.07. The van der Waals surface area contributed by atoms with E-state index in [2.05, 4.69) is 5.32 Å². The van der Waals surface area contributed by atoms with Crippen molar-refractivity contribution in [2.45, 2.75) is 38.8 Å². The number of aliphatic hydroxyl groups excluding tert-OH is 1. The highest BCUT2D eigenvalue weighted by Gasteiger charge is 2.15. The second kappa shape index (κ2) is 6.37. The van der Waals surface area contributed by atoms with Gasteiger partial charge >= 0.3 is 0 Å². The van der Waals surface area contributed by atoms with Crippen LogP contribution in [0.1, 0.15) is 38.3 Å². The fourth-order valence-electron chi connectivity index (χ4n) is 1.69. The Hall–Kier alpha value is -1.39. The zero-order chi connectivity index (χ0) is 12.8. The van der Waals surface area contributed by atoms with Crippen LogP contribution in [0.15, 0.2) is 24.3 Å². The van der Waals surface area contributed by atoms with E-state index >= 15 is 0 Å². The molecule has 1 aromatic carbocycles. The zero-order valence-electron chi connectivity index (χ0n) is 10.3. The number of amides is 1. The van der Waals surface area contributed by atoms with Gasteiger partial charge in [-0.2, -0.15) is 0 Å². The van der Waals surface area contributed by atoms with Crippen LogP contribution in [0.2, 0.25) is 0 Å². The zero-order valence-corrected chi connectivity index (χ0v) is 10.3. The van der Waals surface area contributed by atoms with E-state index in [0.29, 0.717) is 6.42 Å². The molecule has 0 spiro atoms. The Morgan fingerprint density at radius 1 is 1.41 bits per heavy atom. The molecular formula is C13H20N2O2. The summed E-state index contributed by atoms with van der Waals surface area (Å²) in [7, 11) is 0. The van der Waals surface area contributed by atoms with E-state index in [9.17, 15) is 9.90 Å². The lowest BCUT2D eigenvalue weighted by Crippen LogP contribution is -2.25. The van der Waals surface area contributed by atoms with Gasteiger partial charge in [0.25, 0.3) is 0 Å². The number of aliphatic hydroxyl groups is 1. The second-order valence-electron chi connectivity index (χ2n) is 4.19. The van der Waals surface area contributed by atoms with E-state index in [4.69, 9.17) is 5.73 Å². The number of benzene rings is 1. The van der Waals surface area contributed by atoms with Crippen LogP contribution in [-0.4, -0.2) is 17.1 Å². The van der Waals surface area contributed by atoms with Gasteiger partial charge in [-0.15, -0.1) is 0 Å². The molecule has 94 valence electrons. The Balaban J connectivity index is 2.69. The van der Waals surface area contributed by atoms with Crippen LogP contribution in [0.25, 0.3) is 0 Å². The highest BCUT2D eigenvalue weighted by Crippen LogP contribution is 2.19. The fourth-order valence-corrected chi connectivity index (χ4v) is 1.69. The van der Waals surface area contributed by atoms with Crippen molar-refractivity contribution in [1.29, 1.82) is 0 Å². The van der Waals surface area contributed by atoms with Gasteiger partial charge in [0.15, 0.2) is 0 Å². The molecule has 4 heteroatoms. The predicted molar refractivity (Wildman–Crippen MR) is 68.6 cm³/mol. The van der Waals surface area contributed by atoms with Gasteiger partial charge in [0.05, 0.1) is 12.1 Å². The summed E-state index contributed by atoms with van der Waals surface area (Å²) >= 11 is 0. The third kappa shape index (κ3) is 4.17. The minimum absolute atomic E-state index is 0.104. The van der Waals surface area contributed by atoms with E-state index in [1.807, 2.05) is 19.1 Å². The minimum Gasteiger partial charge on any atom is -0.391 e. The summed E-state index contributed by atoms with van der Waals surface area (Å²) in [6.45, 7) is 3.47. The molecule has 0 aliphatic heterocycles. The van der Waals surface area contributed by atoms with Crippen molar-refractivity contribution in [3.05, 3.63) is 29.8 Å². The second-order valence-corrected chi connectivity index (χ2v) is 4.19. The normalized spacial score (nSPS) is 14.1. The van der Waals surface area contributed by atoms with E-state index in [1.54, 1.807) is 12.1 Å². The highest BCUT2D eigenvalue weighted by molar-refractivity contribution is 5.88. The molecule has 0 radical (unpaired) electrons. The van der Waals surface area contributed by atoms with Crippen molar-refractivity contribution in [3.63, 3.8) is 0 Å². The molecule has 1 rings (SSSR count). The van der Waals surface area contributed by atoms with Crippen LogP contribution in [0, 0.1) is 0 Å². The Morgan fingerprint density at radius 3 is 2.47 bits per heavy atom. The standard InChI is InChI=1S/C13H20N2O2/c1-3-4-12(17)13(14)10-5-7-11(8-6-10)15-9(2)16/h5-8,12-13,17H,3-4,14H2,1-2H3,(H,15,16)/t12-,13+/m0/s1. The SMILES string of the molecule is CCC[C@H](O)[C@H](N)c1ccc(NC(C)=O)cc1. The molecule has 0 aliphatic rings. The number of rotatable bonds is 5. The first-order valence-corrected chi connectivity index (χ1v) is 5.85. The summed E-state index contributed by atoms with van der Waals surface area (Å²) in [5, 5.41) is 12.5. The van der Waals surface area contributed by atoms with Gasteiger partial charge < -0.3 is 16.2 Å². The van der Waals surface area contributed by atoms with Crippen LogP contribution in [-0.2, 0) is 4.79 Å². The van der Waals surface area contributed by atoms with Gasteiger partial charge in [-0.3, -0.25) is 4.79 Å². The molecule has 2 atom stereocenters. The molecule has 0 fully saturated rings. The van der Waals surface area contributed by atoms with Gasteiger partial charge in [0.1, 0.15) is 0 Å². The van der Waals surface area contributed by atoms with Gasteiger partial charge in [-0.1, -0.05) is 25.5 Å². The van der Waals surface area contributed by atoms with Gasteiger partial charge in [0.2, 0.25) is 5.91 Å². The van der Waals surface area contributed by atoms with Gasteiger partial charge in [0, 0.05) is 12.6 Å². The molecule has 4 nitrogen and oxygen atoms in total. The molecule has 0 aliphatic carbocycles. The van der Waals surface area contributed by atoms with Crippen molar-refractivity contribution in [2.75, 3.05) is 5.32 Å². The molecule has 0 saturated carbocycles. The summed E-state index contributed by atoms with van der Waals surface area (Å²) < 4.78 is 0. The third-order valence-corrected chi connectivity index (χ3v) is 2.61. The maximum absolute atomic E-state index is 10.8. The molecule has 4 N–H and O–H groups in total. The van der Waals surface area contributed by atoms with Crippen molar-refractivity contribution in [3.8, 4) is 0 Å². The summed E-state index contributed by atoms with van der Waals surface area (Å²) in [6, 6.07) is 6.86. The van der Waals surface area contributed by atoms with Gasteiger partial charge in [-0.25, -0.2) is 0 Å². The first-order valence-electron chi connectivity index (χ1n) is 5.85. The van der Waals surface area contributed by atoms with Crippen molar-refractivity contribution in [2.24, 2.45) is 5.73 Å². The maximum Gasteiger partial charge on any atom is 0.221 e. The highest BCUT2D eigenvalue weighted by atomic mass is 16.3. The van der Waals surface area contributed by atoms with Crippen molar-refractivity contribution >= 4 is 11.6 Å². The molecular weight excluding hydrogens is 216 g/mol. The molecule has 0 heterocycles. The van der Waals surface area contributed by atoms with E-state index < -0.39 is 6.10 Å². The number of hydrogen-bond acceptors (Lipinski definition) is 3. The molecule has 17 heavy (non-hydrogen) atoms. The smallest absolute Gasteiger partial charge is 0.221 e. The first-order chi connectivity index (χ1) is 8.04. The lowest BCUT2D eigenvalue weighted by molar-refractivity contribution is -0.114. The van der Waals surface area contributed by atoms with Crippen LogP contribution < -0.4 is 11.1 Å². The number of nitrogens with two attached hydrogens (primary N) is 1. The number of hydrogen-bond donors (Lipinski definition) is 3. The van der Waals surface area contributed by atoms with E-state index in [0.717, 1.165) is 17.7 Å². The Morgan fingerprint density at radius 2 is 2.00 bits per heavy atom. The van der Waals surface area contributed by atoms with E-state index in [-0.39, 0.29) is 11.9 Å². The average Bonchev–Trinajstić information content (AvgIpc) is 2.28. The van der Waals surface area contributed by atoms with Crippen LogP contribution >= 0.6 is 0 Å². The largest absolute Gasteiger partial charge is 0.391 e. The number of anilines is 1. The predicted octanol–water partition coefficient (Wildman–Crippen LogP) is 1.81. The van der Waals surface area contributed by atoms with Crippen molar-refractivity contribution in [1.82, 2.24) is 0 Å². The Labute approximate surface area is 102 Å². The minimum atomic E-state index is -0.522. The molecule has 1 aromatic rings. The summed E-state index contributed by atoms with van der Waals surface area (Å²) in [5.41, 5.74) is 7.55. The number of carbonyl (C=O) groups excluding carboxylic acids is 1. The Bertz CT molecular complexity index is 362. The van der Waals surface area contributed by atoms with Crippen LogP contribution in [0.5, 0.6) is 0 Å². The van der Waals surface area contributed by atoms with Crippen molar-refractivity contribution < 1.29 is 9.90 Å². The average molecular weight is 236 g/mol. The van der Waals surface area contributed by atoms with Crippen LogP contribution in [0.4, 0.5) is 5.69 Å². The maximum atomic E-state index is 10.8. The molecule has 0 bridgehead atoms. The Kier molecular flexibility index (Phi) is 5.12. The monoisotopic (exact) mass is 236 g/mol. The first kappa shape index (κ1) is 13.7. The molecule has 0 aromatic heterocycles. The lowest BCUT2D eigenvalue weighted by atomic mass is 9.99. The van der Waals surface area contributed by atoms with Crippen LogP contribution in [0.3, 0.4) is 0 Å². The quantitative estimate of drug-likeness (QED) is 0.729. The summed E-state index contributed by atoms with van der Waals surface area (Å²) in [5.74, 6) is -0.104. The molecule has 0 unspecified atom stereocenters. The number of carbonyl (C=O) groups is 1. The molecule has 0 saturated heterocycles. The number of nitrogens with one attached hydrogen (secondary N) is 1. The van der Waals surface area contributed by atoms with Gasteiger partial charge in [-0.05, 0) is 24.1 Å². The molecule has 1 amide bonds. The summed E-state index contributed by atoms with van der Waals surface area (Å²) in [4.78, 5) is 10.8. The van der Waals surface area contributed by atoms with E-state index in [1.165, 1.54) is 6.92 Å². The fraction of sp³-hybridized carbons (Fsp3) is 0.462. The third-order valence-electron chi connectivity index (χ3n) is 2.61.